The molecule has 0 atom stereocenters. The van der Waals surface area contributed by atoms with E-state index in [1.165, 1.54) is 6.21 Å². The average Bonchev–Trinajstić information content (AvgIpc) is 2.51. The summed E-state index contributed by atoms with van der Waals surface area (Å²) in [6.07, 6.45) is 1.39. The Morgan fingerprint density at radius 2 is 1.87 bits per heavy atom. The van der Waals surface area contributed by atoms with E-state index >= 15 is 0 Å². The summed E-state index contributed by atoms with van der Waals surface area (Å²) in [4.78, 5) is 23.4. The van der Waals surface area contributed by atoms with E-state index in [0.29, 0.717) is 21.3 Å². The number of nitrogens with zero attached hydrogens (tertiary/aromatic N) is 1. The van der Waals surface area contributed by atoms with Crippen LogP contribution in [0.5, 0.6) is 0 Å². The fourth-order valence-electron chi connectivity index (χ4n) is 1.66. The number of carbonyl (C=O) groups excluding carboxylic acids is 2. The van der Waals surface area contributed by atoms with Gasteiger partial charge >= 0.3 is 11.8 Å². The average molecular weight is 350 g/mol. The van der Waals surface area contributed by atoms with Gasteiger partial charge in [0, 0.05) is 15.7 Å². The van der Waals surface area contributed by atoms with E-state index in [1.807, 2.05) is 6.92 Å². The quantitative estimate of drug-likeness (QED) is 0.506. The van der Waals surface area contributed by atoms with Crippen LogP contribution in [0, 0.1) is 6.92 Å². The van der Waals surface area contributed by atoms with Crippen molar-refractivity contribution in [2.75, 3.05) is 5.32 Å². The molecule has 0 saturated heterocycles. The minimum atomic E-state index is -0.889. The lowest BCUT2D eigenvalue weighted by molar-refractivity contribution is -0.136. The van der Waals surface area contributed by atoms with E-state index in [1.54, 1.807) is 42.5 Å². The summed E-state index contributed by atoms with van der Waals surface area (Å²) in [5.41, 5.74) is 4.14. The summed E-state index contributed by atoms with van der Waals surface area (Å²) in [6, 6.07) is 11.9. The van der Waals surface area contributed by atoms with Crippen LogP contribution >= 0.6 is 23.2 Å². The molecule has 0 spiro atoms. The molecule has 0 saturated carbocycles. The Kier molecular flexibility index (Phi) is 5.73. The van der Waals surface area contributed by atoms with Crippen molar-refractivity contribution in [3.63, 3.8) is 0 Å². The van der Waals surface area contributed by atoms with E-state index in [9.17, 15) is 9.59 Å². The minimum Gasteiger partial charge on any atom is -0.318 e. The van der Waals surface area contributed by atoms with Crippen LogP contribution < -0.4 is 10.7 Å². The van der Waals surface area contributed by atoms with Gasteiger partial charge in [-0.1, -0.05) is 41.4 Å². The third-order valence-corrected chi connectivity index (χ3v) is 3.51. The van der Waals surface area contributed by atoms with Crippen molar-refractivity contribution in [1.82, 2.24) is 5.43 Å². The van der Waals surface area contributed by atoms with Crippen molar-refractivity contribution in [2.24, 2.45) is 5.10 Å². The van der Waals surface area contributed by atoms with Gasteiger partial charge in [0.15, 0.2) is 0 Å². The summed E-state index contributed by atoms with van der Waals surface area (Å²) < 4.78 is 0. The first-order valence-corrected chi connectivity index (χ1v) is 7.37. The Hall–Kier alpha value is -2.37. The maximum Gasteiger partial charge on any atom is 0.329 e. The van der Waals surface area contributed by atoms with E-state index in [2.05, 4.69) is 15.8 Å². The van der Waals surface area contributed by atoms with Crippen molar-refractivity contribution in [2.45, 2.75) is 6.92 Å². The van der Waals surface area contributed by atoms with Gasteiger partial charge in [0.05, 0.1) is 6.21 Å². The number of benzene rings is 2. The van der Waals surface area contributed by atoms with Crippen LogP contribution in [0.4, 0.5) is 5.69 Å². The molecule has 2 aromatic carbocycles. The number of amides is 2. The molecule has 118 valence electrons. The lowest BCUT2D eigenvalue weighted by atomic mass is 10.2. The van der Waals surface area contributed by atoms with Crippen molar-refractivity contribution in [1.29, 1.82) is 0 Å². The van der Waals surface area contributed by atoms with Gasteiger partial charge < -0.3 is 5.32 Å². The van der Waals surface area contributed by atoms with Crippen molar-refractivity contribution < 1.29 is 9.59 Å². The van der Waals surface area contributed by atoms with Crippen LogP contribution in [-0.2, 0) is 9.59 Å². The number of aryl methyl sites for hydroxylation is 1. The van der Waals surface area contributed by atoms with Gasteiger partial charge in [-0.15, -0.1) is 0 Å². The third kappa shape index (κ3) is 5.09. The molecule has 0 fully saturated rings. The standard InChI is InChI=1S/C16H13Cl2N3O2/c1-10-5-6-13(8-14(10)18)20-15(22)16(23)21-19-9-11-3-2-4-12(17)7-11/h2-9H,1H3,(H,20,22)(H,21,23). The Balaban J connectivity index is 1.92. The fourth-order valence-corrected chi connectivity index (χ4v) is 2.04. The molecule has 23 heavy (non-hydrogen) atoms. The fraction of sp³-hybridized carbons (Fsp3) is 0.0625. The van der Waals surface area contributed by atoms with Gasteiger partial charge in [0.1, 0.15) is 0 Å². The number of halogens is 2. The predicted octanol–water partition coefficient (Wildman–Crippen LogP) is 3.39. The number of hydrogen-bond donors (Lipinski definition) is 2. The summed E-state index contributed by atoms with van der Waals surface area (Å²) in [5.74, 6) is -1.73. The monoisotopic (exact) mass is 349 g/mol. The number of nitrogens with one attached hydrogen (secondary N) is 2. The Bertz CT molecular complexity index is 776. The molecule has 0 aliphatic carbocycles. The molecule has 0 aliphatic rings. The van der Waals surface area contributed by atoms with Crippen LogP contribution in [0.2, 0.25) is 10.0 Å². The van der Waals surface area contributed by atoms with Gasteiger partial charge in [-0.3, -0.25) is 9.59 Å². The first-order chi connectivity index (χ1) is 11.0. The molecule has 5 nitrogen and oxygen atoms in total. The smallest absolute Gasteiger partial charge is 0.318 e. The van der Waals surface area contributed by atoms with Crippen LogP contribution in [0.3, 0.4) is 0 Å². The maximum absolute atomic E-state index is 11.7. The summed E-state index contributed by atoms with van der Waals surface area (Å²) in [5, 5.41) is 7.20. The van der Waals surface area contributed by atoms with Gasteiger partial charge in [-0.05, 0) is 42.3 Å². The van der Waals surface area contributed by atoms with Crippen molar-refractivity contribution in [3.8, 4) is 0 Å². The SMILES string of the molecule is Cc1ccc(NC(=O)C(=O)NN=Cc2cccc(Cl)c2)cc1Cl. The lowest BCUT2D eigenvalue weighted by Crippen LogP contribution is -2.32. The van der Waals surface area contributed by atoms with Crippen LogP contribution in [-0.4, -0.2) is 18.0 Å². The minimum absolute atomic E-state index is 0.430. The van der Waals surface area contributed by atoms with Gasteiger partial charge in [-0.25, -0.2) is 5.43 Å². The highest BCUT2D eigenvalue weighted by Crippen LogP contribution is 2.19. The molecule has 2 N–H and O–H groups in total. The first-order valence-electron chi connectivity index (χ1n) is 6.62. The summed E-state index contributed by atoms with van der Waals surface area (Å²) in [6.45, 7) is 1.84. The highest BCUT2D eigenvalue weighted by molar-refractivity contribution is 6.40. The van der Waals surface area contributed by atoms with E-state index in [0.717, 1.165) is 5.56 Å². The third-order valence-electron chi connectivity index (χ3n) is 2.86. The molecule has 0 unspecified atom stereocenters. The van der Waals surface area contributed by atoms with Gasteiger partial charge in [0.25, 0.3) is 0 Å². The summed E-state index contributed by atoms with van der Waals surface area (Å²) in [7, 11) is 0. The first kappa shape index (κ1) is 17.0. The molecule has 2 aromatic rings. The van der Waals surface area contributed by atoms with Gasteiger partial charge in [-0.2, -0.15) is 5.10 Å². The number of rotatable bonds is 3. The molecule has 0 heterocycles. The number of hydrogen-bond acceptors (Lipinski definition) is 3. The molecule has 2 rings (SSSR count). The van der Waals surface area contributed by atoms with E-state index in [-0.39, 0.29) is 0 Å². The zero-order chi connectivity index (χ0) is 16.8. The van der Waals surface area contributed by atoms with Crippen molar-refractivity contribution in [3.05, 3.63) is 63.6 Å². The number of hydrazone groups is 1. The highest BCUT2D eigenvalue weighted by atomic mass is 35.5. The molecule has 7 heteroatoms. The largest absolute Gasteiger partial charge is 0.329 e. The second-order valence-corrected chi connectivity index (χ2v) is 5.52. The van der Waals surface area contributed by atoms with Gasteiger partial charge in [0.2, 0.25) is 0 Å². The zero-order valence-corrected chi connectivity index (χ0v) is 13.7. The molecule has 0 radical (unpaired) electrons. The molecular weight excluding hydrogens is 337 g/mol. The number of anilines is 1. The van der Waals surface area contributed by atoms with Crippen LogP contribution in [0.15, 0.2) is 47.6 Å². The normalized spacial score (nSPS) is 10.6. The molecule has 0 aromatic heterocycles. The highest BCUT2D eigenvalue weighted by Gasteiger charge is 2.13. The van der Waals surface area contributed by atoms with E-state index in [4.69, 9.17) is 23.2 Å². The molecule has 0 bridgehead atoms. The second kappa shape index (κ2) is 7.76. The molecule has 2 amide bonds. The van der Waals surface area contributed by atoms with Crippen LogP contribution in [0.1, 0.15) is 11.1 Å². The Morgan fingerprint density at radius 1 is 1.09 bits per heavy atom. The molecular formula is C16H13Cl2N3O2. The van der Waals surface area contributed by atoms with Crippen molar-refractivity contribution >= 4 is 46.9 Å². The summed E-state index contributed by atoms with van der Waals surface area (Å²) >= 11 is 11.8. The van der Waals surface area contributed by atoms with E-state index < -0.39 is 11.8 Å². The topological polar surface area (TPSA) is 70.6 Å². The molecule has 0 aliphatic heterocycles. The maximum atomic E-state index is 11.7. The van der Waals surface area contributed by atoms with Crippen LogP contribution in [0.25, 0.3) is 0 Å². The Labute approximate surface area is 143 Å². The Morgan fingerprint density at radius 3 is 2.57 bits per heavy atom. The predicted molar refractivity (Wildman–Crippen MR) is 92.0 cm³/mol. The lowest BCUT2D eigenvalue weighted by Gasteiger charge is -2.05. The second-order valence-electron chi connectivity index (χ2n) is 4.67. The number of carbonyl (C=O) groups is 2. The zero-order valence-electron chi connectivity index (χ0n) is 12.1.